The summed E-state index contributed by atoms with van der Waals surface area (Å²) in [6, 6.07) is 1.93. The lowest BCUT2D eigenvalue weighted by Crippen LogP contribution is -2.22. The van der Waals surface area contributed by atoms with Crippen molar-refractivity contribution < 1.29 is 9.53 Å². The summed E-state index contributed by atoms with van der Waals surface area (Å²) in [6.45, 7) is 4.06. The first-order valence-corrected chi connectivity index (χ1v) is 5.69. The highest BCUT2D eigenvalue weighted by Crippen LogP contribution is 2.17. The highest BCUT2D eigenvalue weighted by molar-refractivity contribution is 7.10. The van der Waals surface area contributed by atoms with Crippen LogP contribution in [-0.4, -0.2) is 19.0 Å². The molecule has 0 saturated heterocycles. The largest absolute Gasteiger partial charge is 0.373 e. The molecule has 0 aliphatic rings. The van der Waals surface area contributed by atoms with Crippen molar-refractivity contribution >= 4 is 17.1 Å². The lowest BCUT2D eigenvalue weighted by molar-refractivity contribution is 0.0579. The summed E-state index contributed by atoms with van der Waals surface area (Å²) in [5.41, 5.74) is 0.785. The van der Waals surface area contributed by atoms with Crippen molar-refractivity contribution in [3.05, 3.63) is 21.9 Å². The van der Waals surface area contributed by atoms with Crippen molar-refractivity contribution in [3.63, 3.8) is 0 Å². The first kappa shape index (κ1) is 11.4. The molecule has 0 aliphatic carbocycles. The molecular weight excluding hydrogens is 196 g/mol. The molecule has 3 heteroatoms. The summed E-state index contributed by atoms with van der Waals surface area (Å²) in [5.74, 6) is 0.110. The molecule has 1 heterocycles. The van der Waals surface area contributed by atoms with Gasteiger partial charge in [0.1, 0.15) is 6.10 Å². The molecule has 1 aromatic rings. The Bertz CT molecular complexity index is 304. The topological polar surface area (TPSA) is 26.3 Å². The van der Waals surface area contributed by atoms with Crippen molar-refractivity contribution in [2.75, 3.05) is 7.11 Å². The molecule has 0 aromatic carbocycles. The van der Waals surface area contributed by atoms with Crippen molar-refractivity contribution in [1.82, 2.24) is 0 Å². The van der Waals surface area contributed by atoms with Gasteiger partial charge < -0.3 is 4.74 Å². The van der Waals surface area contributed by atoms with E-state index in [2.05, 4.69) is 6.92 Å². The van der Waals surface area contributed by atoms with Gasteiger partial charge >= 0.3 is 0 Å². The second-order valence-corrected chi connectivity index (χ2v) is 4.44. The molecule has 78 valence electrons. The van der Waals surface area contributed by atoms with Gasteiger partial charge in [0.25, 0.3) is 0 Å². The van der Waals surface area contributed by atoms with Gasteiger partial charge in [-0.25, -0.2) is 0 Å². The fourth-order valence-electron chi connectivity index (χ4n) is 1.38. The molecule has 14 heavy (non-hydrogen) atoms. The number of ether oxygens (including phenoxy) is 1. The summed E-state index contributed by atoms with van der Waals surface area (Å²) in [5, 5.41) is 1.90. The Morgan fingerprint density at radius 3 is 2.79 bits per heavy atom. The molecule has 0 spiro atoms. The number of thiophene rings is 1. The van der Waals surface area contributed by atoms with Crippen LogP contribution in [0.15, 0.2) is 11.4 Å². The van der Waals surface area contributed by atoms with Crippen LogP contribution in [0.25, 0.3) is 0 Å². The molecule has 2 nitrogen and oxygen atoms in total. The highest BCUT2D eigenvalue weighted by Gasteiger charge is 2.19. The van der Waals surface area contributed by atoms with Gasteiger partial charge in [0.15, 0.2) is 5.78 Å². The van der Waals surface area contributed by atoms with Gasteiger partial charge in [-0.3, -0.25) is 4.79 Å². The predicted molar refractivity (Wildman–Crippen MR) is 59.1 cm³/mol. The van der Waals surface area contributed by atoms with Crippen LogP contribution in [0.3, 0.4) is 0 Å². The van der Waals surface area contributed by atoms with E-state index >= 15 is 0 Å². The second kappa shape index (κ2) is 5.27. The molecule has 1 rings (SSSR count). The number of hydrogen-bond donors (Lipinski definition) is 0. The molecule has 0 N–H and O–H groups in total. The third-order valence-corrected chi connectivity index (χ3v) is 3.00. The van der Waals surface area contributed by atoms with Crippen LogP contribution in [0.1, 0.15) is 35.0 Å². The minimum absolute atomic E-state index is 0.110. The van der Waals surface area contributed by atoms with Crippen molar-refractivity contribution in [2.24, 2.45) is 0 Å². The number of carbonyl (C=O) groups excluding carboxylic acids is 1. The highest BCUT2D eigenvalue weighted by atomic mass is 32.1. The zero-order valence-corrected chi connectivity index (χ0v) is 9.69. The number of ketones is 1. The number of aryl methyl sites for hydroxylation is 1. The molecule has 0 fully saturated rings. The summed E-state index contributed by atoms with van der Waals surface area (Å²) in [4.78, 5) is 13.0. The van der Waals surface area contributed by atoms with Crippen molar-refractivity contribution in [2.45, 2.75) is 32.8 Å². The summed E-state index contributed by atoms with van der Waals surface area (Å²) >= 11 is 1.60. The van der Waals surface area contributed by atoms with Gasteiger partial charge in [-0.15, -0.1) is 11.3 Å². The lowest BCUT2D eigenvalue weighted by Gasteiger charge is -2.11. The van der Waals surface area contributed by atoms with Gasteiger partial charge in [0.05, 0.1) is 0 Å². The van der Waals surface area contributed by atoms with E-state index in [0.29, 0.717) is 0 Å². The van der Waals surface area contributed by atoms with E-state index in [9.17, 15) is 4.79 Å². The molecule has 0 bridgehead atoms. The molecule has 1 aromatic heterocycles. The molecule has 1 atom stereocenters. The number of rotatable bonds is 5. The van der Waals surface area contributed by atoms with Gasteiger partial charge in [-0.05, 0) is 19.4 Å². The van der Waals surface area contributed by atoms with E-state index in [1.165, 1.54) is 4.88 Å². The van der Waals surface area contributed by atoms with E-state index < -0.39 is 0 Å². The second-order valence-electron chi connectivity index (χ2n) is 3.32. The molecular formula is C11H16O2S. The maximum Gasteiger partial charge on any atom is 0.192 e. The Morgan fingerprint density at radius 1 is 1.64 bits per heavy atom. The molecule has 1 unspecified atom stereocenters. The van der Waals surface area contributed by atoms with E-state index in [1.54, 1.807) is 18.4 Å². The van der Waals surface area contributed by atoms with Gasteiger partial charge in [-0.1, -0.05) is 13.3 Å². The number of carbonyl (C=O) groups is 1. The predicted octanol–water partition coefficient (Wildman–Crippen LogP) is 3.05. The van der Waals surface area contributed by atoms with Crippen LogP contribution in [0, 0.1) is 6.92 Å². The van der Waals surface area contributed by atoms with Gasteiger partial charge in [-0.2, -0.15) is 0 Å². The average molecular weight is 212 g/mol. The summed E-state index contributed by atoms with van der Waals surface area (Å²) in [6.07, 6.45) is 1.49. The first-order chi connectivity index (χ1) is 6.69. The van der Waals surface area contributed by atoms with Crippen molar-refractivity contribution in [1.29, 1.82) is 0 Å². The minimum Gasteiger partial charge on any atom is -0.373 e. The van der Waals surface area contributed by atoms with E-state index in [-0.39, 0.29) is 11.9 Å². The Hall–Kier alpha value is -0.670. The van der Waals surface area contributed by atoms with Crippen LogP contribution in [0.4, 0.5) is 0 Å². The Balaban J connectivity index is 2.72. The van der Waals surface area contributed by atoms with Gasteiger partial charge in [0.2, 0.25) is 0 Å². The van der Waals surface area contributed by atoms with Crippen LogP contribution < -0.4 is 0 Å². The lowest BCUT2D eigenvalue weighted by atomic mass is 10.1. The zero-order valence-electron chi connectivity index (χ0n) is 8.87. The van der Waals surface area contributed by atoms with Crippen LogP contribution in [-0.2, 0) is 4.74 Å². The Morgan fingerprint density at radius 2 is 2.36 bits per heavy atom. The van der Waals surface area contributed by atoms with Gasteiger partial charge in [0, 0.05) is 22.9 Å². The zero-order chi connectivity index (χ0) is 10.6. The Labute approximate surface area is 88.9 Å². The van der Waals surface area contributed by atoms with E-state index in [0.717, 1.165) is 18.4 Å². The van der Waals surface area contributed by atoms with Crippen LogP contribution >= 0.6 is 11.3 Å². The third-order valence-electron chi connectivity index (χ3n) is 2.14. The molecule has 0 radical (unpaired) electrons. The number of hydrogen-bond acceptors (Lipinski definition) is 3. The summed E-state index contributed by atoms with van der Waals surface area (Å²) < 4.78 is 5.17. The van der Waals surface area contributed by atoms with Crippen molar-refractivity contribution in [3.8, 4) is 0 Å². The maximum atomic E-state index is 11.9. The normalized spacial score (nSPS) is 12.8. The maximum absolute atomic E-state index is 11.9. The van der Waals surface area contributed by atoms with Crippen LogP contribution in [0.5, 0.6) is 0 Å². The fourth-order valence-corrected chi connectivity index (χ4v) is 2.07. The van der Waals surface area contributed by atoms with E-state index in [4.69, 9.17) is 4.74 Å². The van der Waals surface area contributed by atoms with Crippen LogP contribution in [0.2, 0.25) is 0 Å². The smallest absolute Gasteiger partial charge is 0.192 e. The minimum atomic E-state index is -0.269. The quantitative estimate of drug-likeness (QED) is 0.701. The number of methoxy groups -OCH3 is 1. The third kappa shape index (κ3) is 2.66. The summed E-state index contributed by atoms with van der Waals surface area (Å²) in [7, 11) is 1.59. The monoisotopic (exact) mass is 212 g/mol. The fraction of sp³-hybridized carbons (Fsp3) is 0.545. The average Bonchev–Trinajstić information content (AvgIpc) is 2.60. The SMILES string of the molecule is CCCC(OC)C(=O)c1csc(C)c1. The number of Topliss-reactive ketones (excluding diaryl/α,β-unsaturated/α-hetero) is 1. The van der Waals surface area contributed by atoms with E-state index in [1.807, 2.05) is 18.4 Å². The molecule has 0 aliphatic heterocycles. The Kier molecular flexibility index (Phi) is 4.29. The molecule has 0 amide bonds. The first-order valence-electron chi connectivity index (χ1n) is 4.81. The molecule has 0 saturated carbocycles. The standard InChI is InChI=1S/C11H16O2S/c1-4-5-10(13-3)11(12)9-6-8(2)14-7-9/h6-7,10H,4-5H2,1-3H3.